The Morgan fingerprint density at radius 3 is 2.25 bits per heavy atom. The van der Waals surface area contributed by atoms with E-state index in [1.54, 1.807) is 6.08 Å². The van der Waals surface area contributed by atoms with E-state index in [1.165, 1.54) is 30.3 Å². The molecule has 2 aromatic rings. The van der Waals surface area contributed by atoms with Crippen LogP contribution in [0.25, 0.3) is 6.08 Å². The van der Waals surface area contributed by atoms with Crippen molar-refractivity contribution in [1.29, 1.82) is 0 Å². The minimum absolute atomic E-state index is 0.0679. The van der Waals surface area contributed by atoms with E-state index in [0.717, 1.165) is 24.7 Å². The van der Waals surface area contributed by atoms with Crippen molar-refractivity contribution in [2.24, 2.45) is 0 Å². The van der Waals surface area contributed by atoms with Crippen LogP contribution in [0.15, 0.2) is 59.5 Å². The number of hydrogen-bond acceptors (Lipinski definition) is 5. The molecule has 0 aliphatic rings. The van der Waals surface area contributed by atoms with Crippen molar-refractivity contribution in [3.63, 3.8) is 0 Å². The molecule has 2 amide bonds. The van der Waals surface area contributed by atoms with Crippen LogP contribution >= 0.6 is 0 Å². The number of amides is 2. The fourth-order valence-corrected chi connectivity index (χ4v) is 3.21. The second kappa shape index (κ2) is 9.70. The maximum absolute atomic E-state index is 12.0. The van der Waals surface area contributed by atoms with E-state index in [4.69, 9.17) is 4.74 Å². The molecular weight excluding hydrogens is 380 g/mol. The highest BCUT2D eigenvalue weighted by Crippen LogP contribution is 2.15. The lowest BCUT2D eigenvalue weighted by Crippen LogP contribution is -2.28. The summed E-state index contributed by atoms with van der Waals surface area (Å²) >= 11 is 0. The van der Waals surface area contributed by atoms with Crippen LogP contribution in [0.3, 0.4) is 0 Å². The van der Waals surface area contributed by atoms with Crippen LogP contribution in [-0.2, 0) is 19.6 Å². The molecule has 0 atom stereocenters. The van der Waals surface area contributed by atoms with E-state index >= 15 is 0 Å². The maximum atomic E-state index is 12.0. The van der Waals surface area contributed by atoms with E-state index in [1.807, 2.05) is 35.9 Å². The van der Waals surface area contributed by atoms with Crippen molar-refractivity contribution in [3.05, 3.63) is 60.2 Å². The highest BCUT2D eigenvalue weighted by Gasteiger charge is 2.15. The zero-order chi connectivity index (χ0) is 20.6. The van der Waals surface area contributed by atoms with Gasteiger partial charge in [-0.1, -0.05) is 19.1 Å². The van der Waals surface area contributed by atoms with E-state index in [2.05, 4.69) is 5.32 Å². The van der Waals surface area contributed by atoms with Gasteiger partial charge in [-0.15, -0.1) is 0 Å². The van der Waals surface area contributed by atoms with Gasteiger partial charge in [-0.2, -0.15) is 0 Å². The molecule has 0 saturated heterocycles. The average molecular weight is 402 g/mol. The smallest absolute Gasteiger partial charge is 0.264 e. The third-order valence-corrected chi connectivity index (χ3v) is 4.94. The number of sulfonamides is 1. The summed E-state index contributed by atoms with van der Waals surface area (Å²) in [7, 11) is -3.90. The van der Waals surface area contributed by atoms with Gasteiger partial charge in [0.25, 0.3) is 10.0 Å². The Morgan fingerprint density at radius 1 is 1.04 bits per heavy atom. The van der Waals surface area contributed by atoms with Crippen LogP contribution in [-0.4, -0.2) is 26.8 Å². The molecule has 2 aromatic carbocycles. The van der Waals surface area contributed by atoms with Crippen LogP contribution in [0.1, 0.15) is 25.8 Å². The lowest BCUT2D eigenvalue weighted by molar-refractivity contribution is -0.117. The summed E-state index contributed by atoms with van der Waals surface area (Å²) < 4.78 is 31.1. The van der Waals surface area contributed by atoms with Gasteiger partial charge >= 0.3 is 0 Å². The van der Waals surface area contributed by atoms with E-state index in [0.29, 0.717) is 12.3 Å². The fraction of sp³-hybridized carbons (Fsp3) is 0.200. The molecule has 0 aliphatic heterocycles. The normalized spacial score (nSPS) is 11.2. The third kappa shape index (κ3) is 6.55. The molecule has 8 heteroatoms. The molecule has 0 unspecified atom stereocenters. The minimum Gasteiger partial charge on any atom is -0.494 e. The van der Waals surface area contributed by atoms with Crippen molar-refractivity contribution >= 4 is 33.6 Å². The first-order valence-electron chi connectivity index (χ1n) is 8.65. The highest BCUT2D eigenvalue weighted by molar-refractivity contribution is 7.90. The van der Waals surface area contributed by atoms with Gasteiger partial charge in [0.05, 0.1) is 11.5 Å². The van der Waals surface area contributed by atoms with E-state index < -0.39 is 15.9 Å². The summed E-state index contributed by atoms with van der Waals surface area (Å²) in [6, 6.07) is 12.9. The van der Waals surface area contributed by atoms with Crippen LogP contribution in [0.5, 0.6) is 5.75 Å². The van der Waals surface area contributed by atoms with Gasteiger partial charge in [0.15, 0.2) is 0 Å². The summed E-state index contributed by atoms with van der Waals surface area (Å²) in [6.07, 6.45) is 3.97. The van der Waals surface area contributed by atoms with Crippen molar-refractivity contribution in [1.82, 2.24) is 4.72 Å². The van der Waals surface area contributed by atoms with Gasteiger partial charge in [0, 0.05) is 18.7 Å². The minimum atomic E-state index is -3.90. The molecule has 0 aliphatic carbocycles. The van der Waals surface area contributed by atoms with Crippen molar-refractivity contribution in [2.45, 2.75) is 25.2 Å². The van der Waals surface area contributed by atoms with Gasteiger partial charge < -0.3 is 10.1 Å². The standard InChI is InChI=1S/C20H22N2O5S/c1-3-14-27-18-9-4-16(5-10-18)6-13-20(24)21-17-7-11-19(12-8-17)28(25,26)22-15(2)23/h4-13H,3,14H2,1-2H3,(H,21,24)(H,22,23)/b13-6+. The first-order chi connectivity index (χ1) is 13.3. The molecule has 2 rings (SSSR count). The molecule has 148 valence electrons. The van der Waals surface area contributed by atoms with Crippen molar-refractivity contribution in [3.8, 4) is 5.75 Å². The number of rotatable bonds is 8. The molecule has 28 heavy (non-hydrogen) atoms. The van der Waals surface area contributed by atoms with Gasteiger partial charge in [0.1, 0.15) is 5.75 Å². The Kier molecular flexibility index (Phi) is 7.34. The summed E-state index contributed by atoms with van der Waals surface area (Å²) in [6.45, 7) is 3.80. The van der Waals surface area contributed by atoms with Crippen LogP contribution in [0.4, 0.5) is 5.69 Å². The molecule has 0 fully saturated rings. The van der Waals surface area contributed by atoms with Crippen molar-refractivity contribution in [2.75, 3.05) is 11.9 Å². The molecule has 7 nitrogen and oxygen atoms in total. The molecule has 2 N–H and O–H groups in total. The molecule has 0 radical (unpaired) electrons. The summed E-state index contributed by atoms with van der Waals surface area (Å²) in [5.41, 5.74) is 1.27. The molecule has 0 bridgehead atoms. The second-order valence-corrected chi connectivity index (χ2v) is 7.61. The van der Waals surface area contributed by atoms with E-state index in [-0.39, 0.29) is 10.8 Å². The third-order valence-electron chi connectivity index (χ3n) is 3.49. The number of hydrogen-bond donors (Lipinski definition) is 2. The van der Waals surface area contributed by atoms with Gasteiger partial charge in [0.2, 0.25) is 11.8 Å². The molecule has 0 saturated carbocycles. The van der Waals surface area contributed by atoms with Crippen LogP contribution in [0, 0.1) is 0 Å². The zero-order valence-corrected chi connectivity index (χ0v) is 16.5. The SMILES string of the molecule is CCCOc1ccc(/C=C/C(=O)Nc2ccc(S(=O)(=O)NC(C)=O)cc2)cc1. The highest BCUT2D eigenvalue weighted by atomic mass is 32.2. The Morgan fingerprint density at radius 2 is 1.68 bits per heavy atom. The van der Waals surface area contributed by atoms with Gasteiger partial charge in [-0.25, -0.2) is 13.1 Å². The zero-order valence-electron chi connectivity index (χ0n) is 15.6. The topological polar surface area (TPSA) is 102 Å². The van der Waals surface area contributed by atoms with Gasteiger partial charge in [-0.3, -0.25) is 9.59 Å². The number of benzene rings is 2. The first kappa shape index (κ1) is 21.2. The second-order valence-electron chi connectivity index (χ2n) is 5.93. The predicted molar refractivity (Wildman–Crippen MR) is 107 cm³/mol. The fourth-order valence-electron chi connectivity index (χ4n) is 2.22. The van der Waals surface area contributed by atoms with E-state index in [9.17, 15) is 18.0 Å². The number of anilines is 1. The maximum Gasteiger partial charge on any atom is 0.264 e. The lowest BCUT2D eigenvalue weighted by atomic mass is 10.2. The molecule has 0 spiro atoms. The van der Waals surface area contributed by atoms with Crippen molar-refractivity contribution < 1.29 is 22.7 Å². The number of carbonyl (C=O) groups is 2. The summed E-state index contributed by atoms with van der Waals surface area (Å²) in [4.78, 5) is 22.9. The van der Waals surface area contributed by atoms with Crippen LogP contribution in [0.2, 0.25) is 0 Å². The molecule has 0 aromatic heterocycles. The number of carbonyl (C=O) groups excluding carboxylic acids is 2. The Hall–Kier alpha value is -3.13. The number of nitrogens with one attached hydrogen (secondary N) is 2. The largest absolute Gasteiger partial charge is 0.494 e. The first-order valence-corrected chi connectivity index (χ1v) is 10.1. The molecular formula is C20H22N2O5S. The lowest BCUT2D eigenvalue weighted by Gasteiger charge is -2.06. The quantitative estimate of drug-likeness (QED) is 0.661. The average Bonchev–Trinajstić information content (AvgIpc) is 2.65. The summed E-state index contributed by atoms with van der Waals surface area (Å²) in [5.74, 6) is -0.256. The Balaban J connectivity index is 1.95. The predicted octanol–water partition coefficient (Wildman–Crippen LogP) is 2.95. The molecule has 0 heterocycles. The summed E-state index contributed by atoms with van der Waals surface area (Å²) in [5, 5.41) is 2.64. The Labute approximate surface area is 164 Å². The monoisotopic (exact) mass is 402 g/mol. The van der Waals surface area contributed by atoms with Gasteiger partial charge in [-0.05, 0) is 54.5 Å². The number of ether oxygens (including phenoxy) is 1. The Bertz CT molecular complexity index is 949. The van der Waals surface area contributed by atoms with Crippen LogP contribution < -0.4 is 14.8 Å².